The zero-order chi connectivity index (χ0) is 17.0. The third-order valence-electron chi connectivity index (χ3n) is 3.80. The highest BCUT2D eigenvalue weighted by Gasteiger charge is 2.38. The molecule has 8 heteroatoms. The van der Waals surface area contributed by atoms with Gasteiger partial charge in [0, 0.05) is 25.2 Å². The van der Waals surface area contributed by atoms with Gasteiger partial charge in [-0.1, -0.05) is 6.07 Å². The molecule has 0 radical (unpaired) electrons. The Labute approximate surface area is 131 Å². The predicted molar refractivity (Wildman–Crippen MR) is 75.8 cm³/mol. The van der Waals surface area contributed by atoms with E-state index in [0.717, 1.165) is 0 Å². The Hall–Kier alpha value is -2.25. The number of benzene rings is 1. The number of likely N-dealkylation sites (tertiary alicyclic amines) is 1. The number of piperidine rings is 1. The third-order valence-corrected chi connectivity index (χ3v) is 3.80. The van der Waals surface area contributed by atoms with Crippen LogP contribution in [0.5, 0.6) is 5.75 Å². The molecule has 23 heavy (non-hydrogen) atoms. The molecule has 1 fully saturated rings. The number of phenolic OH excluding ortho intramolecular Hbond substituents is 1. The minimum atomic E-state index is -4.87. The molecular formula is C15H17F3N2O3. The van der Waals surface area contributed by atoms with Crippen molar-refractivity contribution in [2.24, 2.45) is 5.92 Å². The first kappa shape index (κ1) is 17.1. The largest absolute Gasteiger partial charge is 0.508 e. The van der Waals surface area contributed by atoms with Crippen molar-refractivity contribution in [2.75, 3.05) is 19.6 Å². The fraction of sp³-hybridized carbons (Fsp3) is 0.467. The number of alkyl halides is 3. The first-order valence-corrected chi connectivity index (χ1v) is 7.20. The van der Waals surface area contributed by atoms with Gasteiger partial charge in [0.05, 0.1) is 0 Å². The molecule has 0 spiro atoms. The highest BCUT2D eigenvalue weighted by Crippen LogP contribution is 2.21. The lowest BCUT2D eigenvalue weighted by molar-refractivity contribution is -0.173. The molecule has 126 valence electrons. The summed E-state index contributed by atoms with van der Waals surface area (Å²) in [6.45, 7) is 0.759. The van der Waals surface area contributed by atoms with Gasteiger partial charge in [-0.25, -0.2) is 0 Å². The third kappa shape index (κ3) is 4.61. The number of hydrogen-bond acceptors (Lipinski definition) is 3. The number of hydrogen-bond donors (Lipinski definition) is 2. The van der Waals surface area contributed by atoms with Gasteiger partial charge in [-0.15, -0.1) is 0 Å². The van der Waals surface area contributed by atoms with E-state index in [1.54, 1.807) is 17.0 Å². The highest BCUT2D eigenvalue weighted by molar-refractivity contribution is 5.94. The number of phenols is 1. The number of aromatic hydroxyl groups is 1. The second-order valence-electron chi connectivity index (χ2n) is 5.49. The van der Waals surface area contributed by atoms with E-state index in [9.17, 15) is 27.9 Å². The average Bonchev–Trinajstić information content (AvgIpc) is 2.51. The summed E-state index contributed by atoms with van der Waals surface area (Å²) in [5.41, 5.74) is 0.369. The summed E-state index contributed by atoms with van der Waals surface area (Å²) in [4.78, 5) is 24.6. The summed E-state index contributed by atoms with van der Waals surface area (Å²) >= 11 is 0. The summed E-state index contributed by atoms with van der Waals surface area (Å²) in [6, 6.07) is 6.00. The van der Waals surface area contributed by atoms with Gasteiger partial charge < -0.3 is 15.3 Å². The lowest BCUT2D eigenvalue weighted by Gasteiger charge is -2.32. The number of carbonyl (C=O) groups is 2. The molecular weight excluding hydrogens is 313 g/mol. The monoisotopic (exact) mass is 330 g/mol. The van der Waals surface area contributed by atoms with Crippen LogP contribution in [0.15, 0.2) is 24.3 Å². The summed E-state index contributed by atoms with van der Waals surface area (Å²) in [5, 5.41) is 11.3. The van der Waals surface area contributed by atoms with E-state index >= 15 is 0 Å². The van der Waals surface area contributed by atoms with Crippen LogP contribution in [0.1, 0.15) is 23.2 Å². The molecule has 5 nitrogen and oxygen atoms in total. The van der Waals surface area contributed by atoms with E-state index in [0.29, 0.717) is 31.5 Å². The van der Waals surface area contributed by atoms with E-state index in [4.69, 9.17) is 0 Å². The molecule has 1 heterocycles. The molecule has 2 rings (SSSR count). The van der Waals surface area contributed by atoms with Gasteiger partial charge in [0.2, 0.25) is 0 Å². The van der Waals surface area contributed by atoms with E-state index in [1.807, 2.05) is 5.32 Å². The number of nitrogens with zero attached hydrogens (tertiary/aromatic N) is 1. The summed E-state index contributed by atoms with van der Waals surface area (Å²) in [7, 11) is 0. The fourth-order valence-electron chi connectivity index (χ4n) is 2.50. The van der Waals surface area contributed by atoms with Gasteiger partial charge in [0.25, 0.3) is 5.91 Å². The van der Waals surface area contributed by atoms with Crippen molar-refractivity contribution >= 4 is 11.8 Å². The highest BCUT2D eigenvalue weighted by atomic mass is 19.4. The Kier molecular flexibility index (Phi) is 5.12. The summed E-state index contributed by atoms with van der Waals surface area (Å²) in [6.07, 6.45) is -3.84. The topological polar surface area (TPSA) is 69.6 Å². The zero-order valence-electron chi connectivity index (χ0n) is 12.3. The Morgan fingerprint density at radius 3 is 2.48 bits per heavy atom. The second kappa shape index (κ2) is 6.89. The maximum absolute atomic E-state index is 12.3. The van der Waals surface area contributed by atoms with Crippen molar-refractivity contribution in [3.63, 3.8) is 0 Å². The van der Waals surface area contributed by atoms with Crippen molar-refractivity contribution in [3.8, 4) is 5.75 Å². The fourth-order valence-corrected chi connectivity index (χ4v) is 2.50. The Morgan fingerprint density at radius 2 is 1.91 bits per heavy atom. The van der Waals surface area contributed by atoms with E-state index in [1.165, 1.54) is 12.1 Å². The predicted octanol–water partition coefficient (Wildman–Crippen LogP) is 1.92. The Bertz CT molecular complexity index is 582. The quantitative estimate of drug-likeness (QED) is 0.890. The molecule has 0 aromatic heterocycles. The molecule has 1 aliphatic heterocycles. The minimum absolute atomic E-state index is 0.000555. The number of nitrogens with one attached hydrogen (secondary N) is 1. The van der Waals surface area contributed by atoms with Gasteiger partial charge in [-0.05, 0) is 37.0 Å². The van der Waals surface area contributed by atoms with Crippen LogP contribution in [0.2, 0.25) is 0 Å². The van der Waals surface area contributed by atoms with Crippen molar-refractivity contribution in [3.05, 3.63) is 29.8 Å². The molecule has 0 unspecified atom stereocenters. The minimum Gasteiger partial charge on any atom is -0.508 e. The zero-order valence-corrected chi connectivity index (χ0v) is 12.3. The van der Waals surface area contributed by atoms with Crippen LogP contribution >= 0.6 is 0 Å². The lowest BCUT2D eigenvalue weighted by atomic mass is 9.96. The molecule has 2 amide bonds. The van der Waals surface area contributed by atoms with Crippen LogP contribution in [0.3, 0.4) is 0 Å². The smallest absolute Gasteiger partial charge is 0.471 e. The van der Waals surface area contributed by atoms with Gasteiger partial charge in [-0.3, -0.25) is 9.59 Å². The lowest BCUT2D eigenvalue weighted by Crippen LogP contribution is -2.44. The molecule has 1 aromatic rings. The molecule has 0 aliphatic carbocycles. The molecule has 0 saturated carbocycles. The van der Waals surface area contributed by atoms with Gasteiger partial charge in [-0.2, -0.15) is 13.2 Å². The molecule has 1 saturated heterocycles. The number of halogens is 3. The second-order valence-corrected chi connectivity index (χ2v) is 5.49. The number of rotatable bonds is 3. The van der Waals surface area contributed by atoms with Gasteiger partial charge in [0.1, 0.15) is 5.75 Å². The number of carbonyl (C=O) groups excluding carboxylic acids is 2. The molecule has 0 bridgehead atoms. The van der Waals surface area contributed by atoms with Gasteiger partial charge >= 0.3 is 12.1 Å². The van der Waals surface area contributed by atoms with Crippen LogP contribution in [-0.2, 0) is 4.79 Å². The van der Waals surface area contributed by atoms with E-state index < -0.39 is 12.1 Å². The van der Waals surface area contributed by atoms with Crippen molar-refractivity contribution in [1.82, 2.24) is 10.2 Å². The van der Waals surface area contributed by atoms with Crippen LogP contribution in [0.25, 0.3) is 0 Å². The normalized spacial score (nSPS) is 16.2. The van der Waals surface area contributed by atoms with Crippen LogP contribution in [-0.4, -0.2) is 47.6 Å². The van der Waals surface area contributed by atoms with E-state index in [2.05, 4.69) is 0 Å². The van der Waals surface area contributed by atoms with Crippen molar-refractivity contribution in [1.29, 1.82) is 0 Å². The van der Waals surface area contributed by atoms with Gasteiger partial charge in [0.15, 0.2) is 0 Å². The Morgan fingerprint density at radius 1 is 1.26 bits per heavy atom. The summed E-state index contributed by atoms with van der Waals surface area (Å²) < 4.78 is 36.3. The SMILES string of the molecule is O=C(c1cccc(O)c1)N1CCC(CNC(=O)C(F)(F)F)CC1. The van der Waals surface area contributed by atoms with Crippen molar-refractivity contribution < 1.29 is 27.9 Å². The average molecular weight is 330 g/mol. The molecule has 1 aliphatic rings. The van der Waals surface area contributed by atoms with Crippen molar-refractivity contribution in [2.45, 2.75) is 19.0 Å². The maximum Gasteiger partial charge on any atom is 0.471 e. The van der Waals surface area contributed by atoms with Crippen LogP contribution < -0.4 is 5.32 Å². The molecule has 2 N–H and O–H groups in total. The first-order valence-electron chi connectivity index (χ1n) is 7.20. The molecule has 0 atom stereocenters. The van der Waals surface area contributed by atoms with Crippen LogP contribution in [0, 0.1) is 5.92 Å². The van der Waals surface area contributed by atoms with E-state index in [-0.39, 0.29) is 24.1 Å². The first-order chi connectivity index (χ1) is 10.8. The standard InChI is InChI=1S/C15H17F3N2O3/c16-15(17,18)14(23)19-9-10-4-6-20(7-5-10)13(22)11-2-1-3-12(21)8-11/h1-3,8,10,21H,4-7,9H2,(H,19,23). The molecule has 1 aromatic carbocycles. The summed E-state index contributed by atoms with van der Waals surface area (Å²) in [5.74, 6) is -2.25. The Balaban J connectivity index is 1.82. The number of amides is 2. The van der Waals surface area contributed by atoms with Crippen LogP contribution in [0.4, 0.5) is 13.2 Å². The maximum atomic E-state index is 12.3.